The highest BCUT2D eigenvalue weighted by Gasteiger charge is 2.46. The quantitative estimate of drug-likeness (QED) is 0.590. The molecule has 1 amide bonds. The number of carbonyl (C=O) groups is 1. The molecule has 0 aliphatic carbocycles. The second kappa shape index (κ2) is 2.98. The van der Waals surface area contributed by atoms with E-state index in [9.17, 15) is 4.79 Å². The van der Waals surface area contributed by atoms with Gasteiger partial charge in [-0.1, -0.05) is 0 Å². The summed E-state index contributed by atoms with van der Waals surface area (Å²) < 4.78 is 0. The van der Waals surface area contributed by atoms with Crippen molar-refractivity contribution in [3.8, 4) is 0 Å². The maximum absolute atomic E-state index is 12.0. The minimum atomic E-state index is -0.120. The zero-order chi connectivity index (χ0) is 9.47. The predicted molar refractivity (Wildman–Crippen MR) is 51.3 cm³/mol. The Kier molecular flexibility index (Phi) is 2.06. The first kappa shape index (κ1) is 9.00. The van der Waals surface area contributed by atoms with E-state index in [-0.39, 0.29) is 5.41 Å². The van der Waals surface area contributed by atoms with Crippen molar-refractivity contribution in [1.29, 1.82) is 0 Å². The number of nitrogens with zero attached hydrogens (tertiary/aromatic N) is 1. The maximum atomic E-state index is 12.0. The van der Waals surface area contributed by atoms with Crippen LogP contribution in [0.3, 0.4) is 0 Å². The Hall–Kier alpha value is -0.570. The highest BCUT2D eigenvalue weighted by molar-refractivity contribution is 5.83. The summed E-state index contributed by atoms with van der Waals surface area (Å²) in [5.74, 6) is 0.938. The molecule has 2 rings (SSSR count). The molecule has 0 aromatic heterocycles. The Balaban J connectivity index is 2.22. The van der Waals surface area contributed by atoms with Crippen molar-refractivity contribution in [2.75, 3.05) is 26.7 Å². The largest absolute Gasteiger partial charge is 0.345 e. The number of fused-ring (bicyclic) bond motifs is 1. The van der Waals surface area contributed by atoms with Crippen LogP contribution in [0.25, 0.3) is 0 Å². The van der Waals surface area contributed by atoms with Crippen LogP contribution in [0.15, 0.2) is 0 Å². The van der Waals surface area contributed by atoms with Gasteiger partial charge in [0.15, 0.2) is 0 Å². The molecule has 2 heterocycles. The van der Waals surface area contributed by atoms with Crippen LogP contribution in [0.1, 0.15) is 19.8 Å². The summed E-state index contributed by atoms with van der Waals surface area (Å²) in [4.78, 5) is 13.8. The van der Waals surface area contributed by atoms with Crippen molar-refractivity contribution in [2.24, 2.45) is 11.3 Å². The first-order valence-corrected chi connectivity index (χ1v) is 5.11. The second-order valence-corrected chi connectivity index (χ2v) is 4.60. The molecule has 0 radical (unpaired) electrons. The third-order valence-corrected chi connectivity index (χ3v) is 3.71. The molecular weight excluding hydrogens is 164 g/mol. The van der Waals surface area contributed by atoms with E-state index in [1.807, 2.05) is 11.9 Å². The summed E-state index contributed by atoms with van der Waals surface area (Å²) in [6.45, 7) is 5.00. The lowest BCUT2D eigenvalue weighted by atomic mass is 9.68. The molecule has 0 saturated carbocycles. The Bertz CT molecular complexity index is 229. The summed E-state index contributed by atoms with van der Waals surface area (Å²) >= 11 is 0. The third kappa shape index (κ3) is 1.26. The van der Waals surface area contributed by atoms with Crippen molar-refractivity contribution in [3.63, 3.8) is 0 Å². The second-order valence-electron chi connectivity index (χ2n) is 4.60. The van der Waals surface area contributed by atoms with Crippen LogP contribution in [-0.4, -0.2) is 37.5 Å². The highest BCUT2D eigenvalue weighted by Crippen LogP contribution is 2.39. The average molecular weight is 182 g/mol. The van der Waals surface area contributed by atoms with Crippen LogP contribution in [0.4, 0.5) is 0 Å². The van der Waals surface area contributed by atoms with Crippen LogP contribution in [0, 0.1) is 11.3 Å². The van der Waals surface area contributed by atoms with Gasteiger partial charge in [-0.3, -0.25) is 4.79 Å². The van der Waals surface area contributed by atoms with Crippen LogP contribution in [0.5, 0.6) is 0 Å². The molecule has 2 fully saturated rings. The predicted octanol–water partition coefficient (Wildman–Crippen LogP) is 0.464. The molecule has 2 atom stereocenters. The lowest BCUT2D eigenvalue weighted by Gasteiger charge is -2.46. The molecule has 3 nitrogen and oxygen atoms in total. The molecule has 0 aromatic carbocycles. The fraction of sp³-hybridized carbons (Fsp3) is 0.900. The Labute approximate surface area is 79.5 Å². The number of rotatable bonds is 0. The van der Waals surface area contributed by atoms with Gasteiger partial charge in [0.25, 0.3) is 0 Å². The van der Waals surface area contributed by atoms with Gasteiger partial charge in [0.05, 0.1) is 5.41 Å². The third-order valence-electron chi connectivity index (χ3n) is 3.71. The summed E-state index contributed by atoms with van der Waals surface area (Å²) in [5.41, 5.74) is -0.120. The van der Waals surface area contributed by atoms with E-state index in [0.29, 0.717) is 11.8 Å². The van der Waals surface area contributed by atoms with Crippen molar-refractivity contribution >= 4 is 5.91 Å². The van der Waals surface area contributed by atoms with Gasteiger partial charge in [0.1, 0.15) is 0 Å². The van der Waals surface area contributed by atoms with E-state index in [1.165, 1.54) is 6.42 Å². The van der Waals surface area contributed by atoms with E-state index in [2.05, 4.69) is 12.2 Å². The molecule has 0 aromatic rings. The molecule has 13 heavy (non-hydrogen) atoms. The van der Waals surface area contributed by atoms with Crippen LogP contribution < -0.4 is 5.32 Å². The first-order valence-electron chi connectivity index (χ1n) is 5.11. The lowest BCUT2D eigenvalue weighted by molar-refractivity contribution is -0.149. The van der Waals surface area contributed by atoms with E-state index in [0.717, 1.165) is 26.1 Å². The van der Waals surface area contributed by atoms with Crippen molar-refractivity contribution < 1.29 is 4.79 Å². The highest BCUT2D eigenvalue weighted by atomic mass is 16.2. The summed E-state index contributed by atoms with van der Waals surface area (Å²) in [6.07, 6.45) is 2.34. The zero-order valence-corrected chi connectivity index (χ0v) is 8.47. The number of hydrogen-bond acceptors (Lipinski definition) is 2. The van der Waals surface area contributed by atoms with Crippen molar-refractivity contribution in [2.45, 2.75) is 19.8 Å². The smallest absolute Gasteiger partial charge is 0.229 e. The van der Waals surface area contributed by atoms with Gasteiger partial charge in [0.2, 0.25) is 5.91 Å². The molecule has 0 bridgehead atoms. The normalized spacial score (nSPS) is 40.3. The molecule has 74 valence electrons. The minimum absolute atomic E-state index is 0.120. The van der Waals surface area contributed by atoms with Crippen LogP contribution >= 0.6 is 0 Å². The van der Waals surface area contributed by atoms with Gasteiger partial charge < -0.3 is 10.2 Å². The molecule has 3 heteroatoms. The van der Waals surface area contributed by atoms with E-state index in [1.54, 1.807) is 0 Å². The monoisotopic (exact) mass is 182 g/mol. The Morgan fingerprint density at radius 2 is 2.31 bits per heavy atom. The van der Waals surface area contributed by atoms with Crippen molar-refractivity contribution in [1.82, 2.24) is 10.2 Å². The molecule has 2 aliphatic rings. The number of carbonyl (C=O) groups excluding carboxylic acids is 1. The molecule has 2 saturated heterocycles. The van der Waals surface area contributed by atoms with Gasteiger partial charge in [-0.25, -0.2) is 0 Å². The van der Waals surface area contributed by atoms with Crippen molar-refractivity contribution in [3.05, 3.63) is 0 Å². The van der Waals surface area contributed by atoms with E-state index < -0.39 is 0 Å². The van der Waals surface area contributed by atoms with Gasteiger partial charge in [-0.2, -0.15) is 0 Å². The molecular formula is C10H18N2O. The van der Waals surface area contributed by atoms with E-state index >= 15 is 0 Å². The summed E-state index contributed by atoms with van der Waals surface area (Å²) in [7, 11) is 1.92. The molecule has 2 aliphatic heterocycles. The standard InChI is InChI=1S/C10H18N2O/c1-10-7-11-5-3-8(10)4-6-12(2)9(10)13/h8,11H,3-7H2,1-2H3. The van der Waals surface area contributed by atoms with Gasteiger partial charge in [-0.15, -0.1) is 0 Å². The summed E-state index contributed by atoms with van der Waals surface area (Å²) in [5, 5.41) is 3.33. The molecule has 0 spiro atoms. The SMILES string of the molecule is CN1CCC2CCNCC2(C)C1=O. The first-order chi connectivity index (χ1) is 6.14. The molecule has 1 N–H and O–H groups in total. The fourth-order valence-corrected chi connectivity index (χ4v) is 2.69. The van der Waals surface area contributed by atoms with Crippen LogP contribution in [0.2, 0.25) is 0 Å². The summed E-state index contributed by atoms with van der Waals surface area (Å²) in [6, 6.07) is 0. The van der Waals surface area contributed by atoms with Gasteiger partial charge in [-0.05, 0) is 32.2 Å². The number of amides is 1. The van der Waals surface area contributed by atoms with Gasteiger partial charge in [0, 0.05) is 20.1 Å². The van der Waals surface area contributed by atoms with Gasteiger partial charge >= 0.3 is 0 Å². The topological polar surface area (TPSA) is 32.3 Å². The Morgan fingerprint density at radius 3 is 3.08 bits per heavy atom. The number of piperidine rings is 2. The number of hydrogen-bond donors (Lipinski definition) is 1. The Morgan fingerprint density at radius 1 is 1.54 bits per heavy atom. The van der Waals surface area contributed by atoms with Crippen LogP contribution in [-0.2, 0) is 4.79 Å². The minimum Gasteiger partial charge on any atom is -0.345 e. The lowest BCUT2D eigenvalue weighted by Crippen LogP contribution is -2.58. The number of nitrogens with one attached hydrogen (secondary N) is 1. The average Bonchev–Trinajstić information content (AvgIpc) is 2.13. The maximum Gasteiger partial charge on any atom is 0.229 e. The zero-order valence-electron chi connectivity index (χ0n) is 8.47. The fourth-order valence-electron chi connectivity index (χ4n) is 2.69. The molecule has 2 unspecified atom stereocenters. The van der Waals surface area contributed by atoms with E-state index in [4.69, 9.17) is 0 Å². The number of likely N-dealkylation sites (tertiary alicyclic amines) is 1.